The molecule has 1 aliphatic rings. The third-order valence-electron chi connectivity index (χ3n) is 5.00. The summed E-state index contributed by atoms with van der Waals surface area (Å²) in [7, 11) is 3.06. The molecule has 1 aliphatic carbocycles. The molecule has 138 valence electrons. The lowest BCUT2D eigenvalue weighted by Crippen LogP contribution is -2.50. The molecule has 2 aromatic heterocycles. The Morgan fingerprint density at radius 2 is 2.04 bits per heavy atom. The highest BCUT2D eigenvalue weighted by molar-refractivity contribution is 5.69. The number of aliphatic hydroxyl groups is 1. The van der Waals surface area contributed by atoms with Crippen LogP contribution in [0, 0.1) is 5.92 Å². The van der Waals surface area contributed by atoms with Crippen LogP contribution in [-0.2, 0) is 20.6 Å². The molecule has 0 spiro atoms. The monoisotopic (exact) mass is 360 g/mol. The van der Waals surface area contributed by atoms with E-state index in [4.69, 9.17) is 0 Å². The number of fused-ring (bicyclic) bond motifs is 1. The second kappa shape index (κ2) is 5.72. The summed E-state index contributed by atoms with van der Waals surface area (Å²) in [5.41, 5.74) is -3.54. The van der Waals surface area contributed by atoms with Gasteiger partial charge in [-0.05, 0) is 31.6 Å². The van der Waals surface area contributed by atoms with Gasteiger partial charge in [-0.1, -0.05) is 0 Å². The van der Waals surface area contributed by atoms with Gasteiger partial charge in [0.25, 0.3) is 5.56 Å². The van der Waals surface area contributed by atoms with Crippen molar-refractivity contribution in [1.29, 1.82) is 0 Å². The summed E-state index contributed by atoms with van der Waals surface area (Å²) in [6, 6.07) is 0. The van der Waals surface area contributed by atoms with Gasteiger partial charge in [-0.25, -0.2) is 9.78 Å². The number of hydrogen-bond acceptors (Lipinski definition) is 4. The van der Waals surface area contributed by atoms with Crippen LogP contribution in [0.1, 0.15) is 25.7 Å². The molecule has 7 nitrogen and oxygen atoms in total. The Labute approximate surface area is 140 Å². The highest BCUT2D eigenvalue weighted by atomic mass is 19.4. The van der Waals surface area contributed by atoms with Gasteiger partial charge in [0, 0.05) is 20.6 Å². The summed E-state index contributed by atoms with van der Waals surface area (Å²) in [4.78, 5) is 29.1. The van der Waals surface area contributed by atoms with Gasteiger partial charge in [0.15, 0.2) is 16.8 Å². The molecule has 0 saturated heterocycles. The maximum absolute atomic E-state index is 13.1. The SMILES string of the molecule is Cn1cnc2c1c(=O)n(C[C@H]1CCCC(O)(C(F)(F)F)C1)c(=O)n2C. The zero-order valence-corrected chi connectivity index (χ0v) is 13.9. The minimum Gasteiger partial charge on any atom is -0.380 e. The smallest absolute Gasteiger partial charge is 0.380 e. The van der Waals surface area contributed by atoms with Crippen LogP contribution in [0.2, 0.25) is 0 Å². The lowest BCUT2D eigenvalue weighted by molar-refractivity contribution is -0.274. The van der Waals surface area contributed by atoms with Crippen LogP contribution in [0.5, 0.6) is 0 Å². The van der Waals surface area contributed by atoms with E-state index < -0.39 is 35.4 Å². The van der Waals surface area contributed by atoms with Crippen LogP contribution in [0.4, 0.5) is 13.2 Å². The van der Waals surface area contributed by atoms with Crippen LogP contribution in [0.15, 0.2) is 15.9 Å². The molecule has 1 fully saturated rings. The van der Waals surface area contributed by atoms with E-state index >= 15 is 0 Å². The fourth-order valence-corrected chi connectivity index (χ4v) is 3.59. The fourth-order valence-electron chi connectivity index (χ4n) is 3.59. The molecular weight excluding hydrogens is 341 g/mol. The fraction of sp³-hybridized carbons (Fsp3) is 0.667. The van der Waals surface area contributed by atoms with E-state index in [0.29, 0.717) is 6.42 Å². The van der Waals surface area contributed by atoms with Crippen molar-refractivity contribution in [1.82, 2.24) is 18.7 Å². The Kier molecular flexibility index (Phi) is 4.05. The van der Waals surface area contributed by atoms with Crippen LogP contribution in [0.3, 0.4) is 0 Å². The molecule has 0 aromatic carbocycles. The third kappa shape index (κ3) is 2.78. The predicted octanol–water partition coefficient (Wildman–Crippen LogP) is 0.917. The quantitative estimate of drug-likeness (QED) is 0.863. The Hall–Kier alpha value is -2.10. The summed E-state index contributed by atoms with van der Waals surface area (Å²) >= 11 is 0. The van der Waals surface area contributed by atoms with Gasteiger partial charge in [-0.2, -0.15) is 13.2 Å². The zero-order valence-electron chi connectivity index (χ0n) is 13.9. The predicted molar refractivity (Wildman–Crippen MR) is 83.2 cm³/mol. The second-order valence-electron chi connectivity index (χ2n) is 6.78. The molecule has 1 unspecified atom stereocenters. The standard InChI is InChI=1S/C15H19F3N4O3/c1-20-8-19-11-10(20)12(23)22(13(24)21(11)2)7-9-4-3-5-14(25,6-9)15(16,17)18/h8-9,25H,3-7H2,1-2H3/t9-,14?/m0/s1. The van der Waals surface area contributed by atoms with E-state index in [1.54, 1.807) is 7.05 Å². The Morgan fingerprint density at radius 3 is 2.68 bits per heavy atom. The first-order chi connectivity index (χ1) is 11.5. The summed E-state index contributed by atoms with van der Waals surface area (Å²) in [6.07, 6.45) is -3.61. The second-order valence-corrected chi connectivity index (χ2v) is 6.78. The summed E-state index contributed by atoms with van der Waals surface area (Å²) < 4.78 is 42.9. The number of nitrogens with zero attached hydrogens (tertiary/aromatic N) is 4. The van der Waals surface area contributed by atoms with Crippen molar-refractivity contribution >= 4 is 11.2 Å². The molecule has 25 heavy (non-hydrogen) atoms. The summed E-state index contributed by atoms with van der Waals surface area (Å²) in [5, 5.41) is 9.92. The maximum atomic E-state index is 13.1. The zero-order chi connectivity index (χ0) is 18.6. The van der Waals surface area contributed by atoms with Gasteiger partial charge >= 0.3 is 11.9 Å². The highest BCUT2D eigenvalue weighted by Gasteiger charge is 2.55. The largest absolute Gasteiger partial charge is 0.417 e. The third-order valence-corrected chi connectivity index (χ3v) is 5.00. The number of hydrogen-bond donors (Lipinski definition) is 1. The molecule has 0 amide bonds. The van der Waals surface area contributed by atoms with Crippen molar-refractivity contribution in [3.8, 4) is 0 Å². The number of alkyl halides is 3. The van der Waals surface area contributed by atoms with E-state index in [1.807, 2.05) is 0 Å². The van der Waals surface area contributed by atoms with Crippen LogP contribution in [0.25, 0.3) is 11.2 Å². The van der Waals surface area contributed by atoms with Gasteiger partial charge in [0.1, 0.15) is 0 Å². The molecular formula is C15H19F3N4O3. The van der Waals surface area contributed by atoms with Crippen molar-refractivity contribution in [2.24, 2.45) is 20.0 Å². The molecule has 1 saturated carbocycles. The minimum atomic E-state index is -4.73. The Bertz CT molecular complexity index is 927. The average molecular weight is 360 g/mol. The highest BCUT2D eigenvalue weighted by Crippen LogP contribution is 2.43. The first-order valence-electron chi connectivity index (χ1n) is 7.95. The molecule has 0 bridgehead atoms. The van der Waals surface area contributed by atoms with E-state index in [2.05, 4.69) is 4.98 Å². The van der Waals surface area contributed by atoms with E-state index in [9.17, 15) is 27.9 Å². The average Bonchev–Trinajstić information content (AvgIpc) is 2.90. The molecule has 1 N–H and O–H groups in total. The van der Waals surface area contributed by atoms with Gasteiger partial charge < -0.3 is 9.67 Å². The summed E-state index contributed by atoms with van der Waals surface area (Å²) in [5.74, 6) is -0.614. The topological polar surface area (TPSA) is 82.1 Å². The number of aromatic nitrogens is 4. The molecule has 2 atom stereocenters. The van der Waals surface area contributed by atoms with Crippen LogP contribution < -0.4 is 11.2 Å². The molecule has 2 aromatic rings. The van der Waals surface area contributed by atoms with Gasteiger partial charge in [0.05, 0.1) is 6.33 Å². The van der Waals surface area contributed by atoms with Crippen molar-refractivity contribution in [3.05, 3.63) is 27.2 Å². The number of halogens is 3. The van der Waals surface area contributed by atoms with Gasteiger partial charge in [0.2, 0.25) is 0 Å². The van der Waals surface area contributed by atoms with Crippen molar-refractivity contribution < 1.29 is 18.3 Å². The first kappa shape index (κ1) is 17.7. The lowest BCUT2D eigenvalue weighted by atomic mass is 9.77. The molecule has 0 aliphatic heterocycles. The Balaban J connectivity index is 2.00. The van der Waals surface area contributed by atoms with Crippen molar-refractivity contribution in [2.45, 2.75) is 44.0 Å². The van der Waals surface area contributed by atoms with Gasteiger partial charge in [-0.15, -0.1) is 0 Å². The minimum absolute atomic E-state index is 0.162. The van der Waals surface area contributed by atoms with Crippen molar-refractivity contribution in [3.63, 3.8) is 0 Å². The summed E-state index contributed by atoms with van der Waals surface area (Å²) in [6.45, 7) is -0.162. The number of rotatable bonds is 2. The van der Waals surface area contributed by atoms with Crippen molar-refractivity contribution in [2.75, 3.05) is 0 Å². The number of imidazole rings is 1. The molecule has 0 radical (unpaired) electrons. The molecule has 3 rings (SSSR count). The normalized spacial score (nSPS) is 24.8. The lowest BCUT2D eigenvalue weighted by Gasteiger charge is -2.38. The first-order valence-corrected chi connectivity index (χ1v) is 7.95. The van der Waals surface area contributed by atoms with Crippen LogP contribution in [-0.4, -0.2) is 35.6 Å². The van der Waals surface area contributed by atoms with E-state index in [-0.39, 0.29) is 30.6 Å². The Morgan fingerprint density at radius 1 is 1.36 bits per heavy atom. The maximum Gasteiger partial charge on any atom is 0.417 e. The molecule has 10 heteroatoms. The molecule has 2 heterocycles. The van der Waals surface area contributed by atoms with E-state index in [1.165, 1.54) is 22.5 Å². The number of aryl methyl sites for hydroxylation is 2. The van der Waals surface area contributed by atoms with E-state index in [0.717, 1.165) is 4.57 Å². The van der Waals surface area contributed by atoms with Gasteiger partial charge in [-0.3, -0.25) is 13.9 Å². The van der Waals surface area contributed by atoms with Crippen LogP contribution >= 0.6 is 0 Å².